The minimum absolute atomic E-state index is 0.154. The van der Waals surface area contributed by atoms with Crippen LogP contribution in [0.25, 0.3) is 0 Å². The average Bonchev–Trinajstić information content (AvgIpc) is 2.56. The van der Waals surface area contributed by atoms with E-state index in [1.54, 1.807) is 0 Å². The molecule has 0 fully saturated rings. The third-order valence-electron chi connectivity index (χ3n) is 3.28. The molecule has 0 radical (unpaired) electrons. The zero-order valence-electron chi connectivity index (χ0n) is 11.0. The molecular formula is C16H13ClN2O. The Balaban J connectivity index is 2.24. The van der Waals surface area contributed by atoms with Crippen LogP contribution in [0.15, 0.2) is 53.5 Å². The van der Waals surface area contributed by atoms with E-state index in [1.807, 2.05) is 60.5 Å². The second-order valence-electron chi connectivity index (χ2n) is 4.74. The maximum Gasteiger partial charge on any atom is 0.265 e. The summed E-state index contributed by atoms with van der Waals surface area (Å²) in [6.07, 6.45) is 0. The van der Waals surface area contributed by atoms with Crippen LogP contribution in [-0.2, 0) is 4.79 Å². The lowest BCUT2D eigenvalue weighted by atomic mass is 10.0. The summed E-state index contributed by atoms with van der Waals surface area (Å²) >= 11 is 6.11. The van der Waals surface area contributed by atoms with Gasteiger partial charge in [-0.1, -0.05) is 41.9 Å². The summed E-state index contributed by atoms with van der Waals surface area (Å²) in [5.41, 5.74) is 3.44. The van der Waals surface area contributed by atoms with Crippen molar-refractivity contribution in [2.24, 2.45) is 4.99 Å². The van der Waals surface area contributed by atoms with E-state index < -0.39 is 0 Å². The summed E-state index contributed by atoms with van der Waals surface area (Å²) in [6.45, 7) is 0.269. The topological polar surface area (TPSA) is 32.7 Å². The summed E-state index contributed by atoms with van der Waals surface area (Å²) < 4.78 is 0. The lowest BCUT2D eigenvalue weighted by Crippen LogP contribution is -2.23. The van der Waals surface area contributed by atoms with Crippen molar-refractivity contribution in [1.82, 2.24) is 0 Å². The van der Waals surface area contributed by atoms with Crippen LogP contribution in [0.4, 0.5) is 5.69 Å². The van der Waals surface area contributed by atoms with Crippen molar-refractivity contribution in [1.29, 1.82) is 0 Å². The number of fused-ring (bicyclic) bond motifs is 1. The molecule has 2 aromatic carbocycles. The van der Waals surface area contributed by atoms with E-state index in [4.69, 9.17) is 11.6 Å². The zero-order valence-corrected chi connectivity index (χ0v) is 11.8. The van der Waals surface area contributed by atoms with E-state index >= 15 is 0 Å². The van der Waals surface area contributed by atoms with Crippen LogP contribution in [0, 0.1) is 0 Å². The maximum absolute atomic E-state index is 12.0. The first-order valence-electron chi connectivity index (χ1n) is 6.33. The van der Waals surface area contributed by atoms with Gasteiger partial charge in [-0.2, -0.15) is 0 Å². The van der Waals surface area contributed by atoms with Gasteiger partial charge in [-0.25, -0.2) is 4.99 Å². The number of likely N-dealkylation sites (N-methyl/N-ethyl adjacent to an activating group) is 1. The van der Waals surface area contributed by atoms with Crippen LogP contribution in [0.5, 0.6) is 0 Å². The summed E-state index contributed by atoms with van der Waals surface area (Å²) in [5.74, 6) is -0.154. The highest BCUT2D eigenvalue weighted by atomic mass is 35.5. The molecule has 3 nitrogen and oxygen atoms in total. The van der Waals surface area contributed by atoms with E-state index in [2.05, 4.69) is 4.99 Å². The lowest BCUT2D eigenvalue weighted by Gasteiger charge is -2.18. The van der Waals surface area contributed by atoms with E-state index in [1.165, 1.54) is 0 Å². The second-order valence-corrected chi connectivity index (χ2v) is 5.17. The number of hydrogen-bond acceptors (Lipinski definition) is 2. The predicted molar refractivity (Wildman–Crippen MR) is 81.8 cm³/mol. The van der Waals surface area contributed by atoms with Crippen molar-refractivity contribution in [3.63, 3.8) is 0 Å². The Kier molecular flexibility index (Phi) is 3.28. The van der Waals surface area contributed by atoms with Crippen molar-refractivity contribution in [2.45, 2.75) is 0 Å². The van der Waals surface area contributed by atoms with Crippen LogP contribution in [0.2, 0.25) is 5.02 Å². The number of carbonyl (C=O) groups excluding carboxylic acids is 1. The Labute approximate surface area is 122 Å². The highest BCUT2D eigenvalue weighted by molar-refractivity contribution is 6.32. The van der Waals surface area contributed by atoms with Gasteiger partial charge in [0.05, 0.1) is 12.3 Å². The number of amides is 1. The van der Waals surface area contributed by atoms with E-state index in [9.17, 15) is 4.79 Å². The van der Waals surface area contributed by atoms with Gasteiger partial charge < -0.3 is 4.90 Å². The molecule has 20 heavy (non-hydrogen) atoms. The highest BCUT2D eigenvalue weighted by Crippen LogP contribution is 2.28. The molecule has 0 aliphatic carbocycles. The fourth-order valence-electron chi connectivity index (χ4n) is 2.36. The molecule has 4 heteroatoms. The van der Waals surface area contributed by atoms with Gasteiger partial charge in [0, 0.05) is 28.9 Å². The molecule has 0 atom stereocenters. The van der Waals surface area contributed by atoms with Gasteiger partial charge in [-0.3, -0.25) is 4.79 Å². The standard InChI is InChI=1S/C16H13ClN2O/c1-19-10-15(20)18-16(11-5-3-2-4-6-11)13-9-12(17)7-8-14(13)19/h2-9H,10H2,1H3. The van der Waals surface area contributed by atoms with Gasteiger partial charge in [0.2, 0.25) is 0 Å². The first-order valence-corrected chi connectivity index (χ1v) is 6.71. The van der Waals surface area contributed by atoms with E-state index in [0.717, 1.165) is 16.8 Å². The zero-order chi connectivity index (χ0) is 14.1. The van der Waals surface area contributed by atoms with Crippen LogP contribution < -0.4 is 4.90 Å². The Morgan fingerprint density at radius 1 is 1.15 bits per heavy atom. The van der Waals surface area contributed by atoms with Crippen molar-refractivity contribution in [3.8, 4) is 0 Å². The largest absolute Gasteiger partial charge is 0.365 e. The second kappa shape index (κ2) is 5.10. The SMILES string of the molecule is CN1CC(=O)N=C(c2ccccc2)c2cc(Cl)ccc21. The monoisotopic (exact) mass is 284 g/mol. The van der Waals surface area contributed by atoms with Crippen LogP contribution >= 0.6 is 11.6 Å². The molecule has 0 saturated heterocycles. The summed E-state index contributed by atoms with van der Waals surface area (Å²) in [6, 6.07) is 15.3. The number of nitrogens with zero attached hydrogens (tertiary/aromatic N) is 2. The summed E-state index contributed by atoms with van der Waals surface area (Å²) in [5, 5.41) is 0.634. The fourth-order valence-corrected chi connectivity index (χ4v) is 2.53. The molecule has 0 aromatic heterocycles. The van der Waals surface area contributed by atoms with Crippen LogP contribution in [-0.4, -0.2) is 25.2 Å². The van der Waals surface area contributed by atoms with Crippen molar-refractivity contribution in [2.75, 3.05) is 18.5 Å². The highest BCUT2D eigenvalue weighted by Gasteiger charge is 2.21. The number of anilines is 1. The molecule has 100 valence electrons. The molecule has 0 N–H and O–H groups in total. The summed E-state index contributed by atoms with van der Waals surface area (Å²) in [7, 11) is 1.88. The summed E-state index contributed by atoms with van der Waals surface area (Å²) in [4.78, 5) is 18.1. The first-order chi connectivity index (χ1) is 9.65. The van der Waals surface area contributed by atoms with Gasteiger partial charge in [-0.15, -0.1) is 0 Å². The molecule has 0 unspecified atom stereocenters. The van der Waals surface area contributed by atoms with Gasteiger partial charge in [0.15, 0.2) is 0 Å². The maximum atomic E-state index is 12.0. The van der Waals surface area contributed by atoms with Crippen LogP contribution in [0.3, 0.4) is 0 Å². The van der Waals surface area contributed by atoms with Gasteiger partial charge in [0.1, 0.15) is 0 Å². The van der Waals surface area contributed by atoms with E-state index in [-0.39, 0.29) is 12.5 Å². The fraction of sp³-hybridized carbons (Fsp3) is 0.125. The van der Waals surface area contributed by atoms with Crippen molar-refractivity contribution in [3.05, 3.63) is 64.7 Å². The quantitative estimate of drug-likeness (QED) is 0.806. The van der Waals surface area contributed by atoms with Crippen molar-refractivity contribution < 1.29 is 4.79 Å². The molecule has 0 saturated carbocycles. The van der Waals surface area contributed by atoms with Gasteiger partial charge in [-0.05, 0) is 18.2 Å². The number of hydrogen-bond donors (Lipinski definition) is 0. The lowest BCUT2D eigenvalue weighted by molar-refractivity contribution is -0.116. The molecule has 0 spiro atoms. The van der Waals surface area contributed by atoms with Gasteiger partial charge >= 0.3 is 0 Å². The minimum Gasteiger partial charge on any atom is -0.365 e. The molecule has 1 heterocycles. The minimum atomic E-state index is -0.154. The number of carbonyl (C=O) groups is 1. The predicted octanol–water partition coefficient (Wildman–Crippen LogP) is 3.15. The van der Waals surface area contributed by atoms with Crippen LogP contribution in [0.1, 0.15) is 11.1 Å². The first kappa shape index (κ1) is 12.9. The number of benzodiazepines with no additional fused rings is 1. The Bertz CT molecular complexity index is 695. The molecule has 1 amide bonds. The third kappa shape index (κ3) is 2.32. The number of halogens is 1. The number of aliphatic imine (C=N–C) groups is 1. The normalized spacial score (nSPS) is 14.6. The van der Waals surface area contributed by atoms with Crippen molar-refractivity contribution >= 4 is 28.9 Å². The molecular weight excluding hydrogens is 272 g/mol. The smallest absolute Gasteiger partial charge is 0.265 e. The Hall–Kier alpha value is -2.13. The van der Waals surface area contributed by atoms with E-state index in [0.29, 0.717) is 10.7 Å². The number of rotatable bonds is 1. The third-order valence-corrected chi connectivity index (χ3v) is 3.52. The number of benzene rings is 2. The Morgan fingerprint density at radius 3 is 2.65 bits per heavy atom. The molecule has 3 rings (SSSR count). The average molecular weight is 285 g/mol. The molecule has 0 bridgehead atoms. The molecule has 1 aliphatic rings. The molecule has 1 aliphatic heterocycles. The molecule has 2 aromatic rings. The van der Waals surface area contributed by atoms with Gasteiger partial charge in [0.25, 0.3) is 5.91 Å². The Morgan fingerprint density at radius 2 is 1.90 bits per heavy atom.